The van der Waals surface area contributed by atoms with Gasteiger partial charge in [0.05, 0.1) is 5.92 Å². The van der Waals surface area contributed by atoms with Crippen molar-refractivity contribution in [3.8, 4) is 0 Å². The van der Waals surface area contributed by atoms with Crippen LogP contribution in [0.4, 0.5) is 18.9 Å². The third-order valence-electron chi connectivity index (χ3n) is 2.39. The number of hydrogen-bond acceptors (Lipinski definition) is 1. The van der Waals surface area contributed by atoms with E-state index in [0.29, 0.717) is 0 Å². The van der Waals surface area contributed by atoms with Crippen molar-refractivity contribution in [2.75, 3.05) is 5.32 Å². The summed E-state index contributed by atoms with van der Waals surface area (Å²) >= 11 is 0. The first-order valence-corrected chi connectivity index (χ1v) is 4.44. The number of para-hydroxylation sites is 1. The Morgan fingerprint density at radius 2 is 1.93 bits per heavy atom. The number of benzene rings is 1. The molecule has 1 aliphatic heterocycles. The van der Waals surface area contributed by atoms with Gasteiger partial charge in [0.1, 0.15) is 0 Å². The predicted molar refractivity (Wildman–Crippen MR) is 48.5 cm³/mol. The van der Waals surface area contributed by atoms with E-state index in [1.807, 2.05) is 0 Å². The fraction of sp³-hybridized carbons (Fsp3) is 0.300. The Morgan fingerprint density at radius 1 is 1.27 bits per heavy atom. The highest BCUT2D eigenvalue weighted by Gasteiger charge is 2.44. The Hall–Kier alpha value is -1.52. The lowest BCUT2D eigenvalue weighted by Gasteiger charge is -2.27. The van der Waals surface area contributed by atoms with E-state index in [4.69, 9.17) is 0 Å². The lowest BCUT2D eigenvalue weighted by atomic mass is 9.90. The summed E-state index contributed by atoms with van der Waals surface area (Å²) in [7, 11) is 0. The van der Waals surface area contributed by atoms with Gasteiger partial charge in [-0.3, -0.25) is 4.79 Å². The number of hydrogen-bond donors (Lipinski definition) is 1. The summed E-state index contributed by atoms with van der Waals surface area (Å²) < 4.78 is 37.8. The number of carbonyl (C=O) groups excluding carboxylic acids is 1. The van der Waals surface area contributed by atoms with Crippen molar-refractivity contribution in [3.05, 3.63) is 29.8 Å². The maximum absolute atomic E-state index is 12.6. The number of fused-ring (bicyclic) bond motifs is 1. The van der Waals surface area contributed by atoms with E-state index >= 15 is 0 Å². The van der Waals surface area contributed by atoms with Crippen LogP contribution in [0.2, 0.25) is 0 Å². The zero-order valence-electron chi connectivity index (χ0n) is 7.64. The Balaban J connectivity index is 2.47. The third kappa shape index (κ3) is 1.82. The lowest BCUT2D eigenvalue weighted by Crippen LogP contribution is -2.31. The first-order chi connectivity index (χ1) is 6.98. The van der Waals surface area contributed by atoms with Crippen LogP contribution in [0.1, 0.15) is 17.9 Å². The molecule has 0 bridgehead atoms. The zero-order chi connectivity index (χ0) is 11.1. The van der Waals surface area contributed by atoms with Crippen LogP contribution in [0, 0.1) is 0 Å². The largest absolute Gasteiger partial charge is 0.396 e. The van der Waals surface area contributed by atoms with Crippen LogP contribution in [-0.2, 0) is 4.79 Å². The maximum Gasteiger partial charge on any atom is 0.396 e. The number of nitrogens with one attached hydrogen (secondary N) is 1. The van der Waals surface area contributed by atoms with Gasteiger partial charge in [0.15, 0.2) is 0 Å². The van der Waals surface area contributed by atoms with Gasteiger partial charge in [-0.1, -0.05) is 18.2 Å². The van der Waals surface area contributed by atoms with Crippen molar-refractivity contribution in [1.29, 1.82) is 0 Å². The smallest absolute Gasteiger partial charge is 0.326 e. The molecule has 1 amide bonds. The second-order valence-corrected chi connectivity index (χ2v) is 3.43. The summed E-state index contributed by atoms with van der Waals surface area (Å²) in [5.74, 6) is -2.27. The molecule has 0 saturated heterocycles. The topological polar surface area (TPSA) is 29.1 Å². The molecular weight excluding hydrogens is 207 g/mol. The SMILES string of the molecule is O=C1CC(C(F)(F)F)c2ccccc2N1. The van der Waals surface area contributed by atoms with Crippen molar-refractivity contribution in [2.24, 2.45) is 0 Å². The van der Waals surface area contributed by atoms with Gasteiger partial charge in [-0.25, -0.2) is 0 Å². The van der Waals surface area contributed by atoms with Gasteiger partial charge in [-0.2, -0.15) is 13.2 Å². The van der Waals surface area contributed by atoms with Gasteiger partial charge in [0.25, 0.3) is 0 Å². The van der Waals surface area contributed by atoms with Crippen LogP contribution < -0.4 is 5.32 Å². The monoisotopic (exact) mass is 215 g/mol. The molecule has 0 fully saturated rings. The first-order valence-electron chi connectivity index (χ1n) is 4.44. The average Bonchev–Trinajstić information content (AvgIpc) is 2.15. The number of anilines is 1. The van der Waals surface area contributed by atoms with Crippen molar-refractivity contribution in [3.63, 3.8) is 0 Å². The van der Waals surface area contributed by atoms with Gasteiger partial charge in [0.2, 0.25) is 5.91 Å². The molecule has 1 N–H and O–H groups in total. The highest BCUT2D eigenvalue weighted by molar-refractivity contribution is 5.94. The fourth-order valence-electron chi connectivity index (χ4n) is 1.70. The molecule has 0 aliphatic carbocycles. The molecule has 1 atom stereocenters. The molecule has 1 aromatic rings. The van der Waals surface area contributed by atoms with E-state index in [2.05, 4.69) is 5.32 Å². The standard InChI is InChI=1S/C10H8F3NO/c11-10(12,13)7-5-9(15)14-8-4-2-1-3-6(7)8/h1-4,7H,5H2,(H,14,15). The predicted octanol–water partition coefficient (Wildman–Crippen LogP) is 2.67. The minimum absolute atomic E-state index is 0.143. The van der Waals surface area contributed by atoms with Crippen molar-refractivity contribution < 1.29 is 18.0 Å². The number of halogens is 3. The Bertz CT molecular complexity index is 400. The minimum atomic E-state index is -4.37. The van der Waals surface area contributed by atoms with Gasteiger partial charge in [-0.05, 0) is 11.6 Å². The molecule has 5 heteroatoms. The molecule has 1 aromatic carbocycles. The second-order valence-electron chi connectivity index (χ2n) is 3.43. The van der Waals surface area contributed by atoms with Crippen LogP contribution in [0.5, 0.6) is 0 Å². The Kier molecular flexibility index (Phi) is 2.17. The third-order valence-corrected chi connectivity index (χ3v) is 2.39. The zero-order valence-corrected chi connectivity index (χ0v) is 7.64. The molecule has 1 aliphatic rings. The molecule has 0 aromatic heterocycles. The van der Waals surface area contributed by atoms with Gasteiger partial charge in [-0.15, -0.1) is 0 Å². The highest BCUT2D eigenvalue weighted by Crippen LogP contribution is 2.42. The summed E-state index contributed by atoms with van der Waals surface area (Å²) in [4.78, 5) is 11.1. The van der Waals surface area contributed by atoms with E-state index in [1.54, 1.807) is 6.07 Å². The highest BCUT2D eigenvalue weighted by atomic mass is 19.4. The molecule has 1 unspecified atom stereocenters. The maximum atomic E-state index is 12.6. The number of carbonyl (C=O) groups is 1. The van der Waals surface area contributed by atoms with Crippen molar-refractivity contribution in [2.45, 2.75) is 18.5 Å². The van der Waals surface area contributed by atoms with Crippen LogP contribution in [0.3, 0.4) is 0 Å². The first kappa shape index (κ1) is 10.0. The summed E-state index contributed by atoms with van der Waals surface area (Å²) in [6.45, 7) is 0. The molecule has 2 nitrogen and oxygen atoms in total. The minimum Gasteiger partial charge on any atom is -0.326 e. The van der Waals surface area contributed by atoms with Crippen LogP contribution >= 0.6 is 0 Å². The summed E-state index contributed by atoms with van der Waals surface area (Å²) in [5.41, 5.74) is 0.403. The molecular formula is C10H8F3NO. The van der Waals surface area contributed by atoms with E-state index in [-0.39, 0.29) is 11.3 Å². The molecule has 0 radical (unpaired) electrons. The van der Waals surface area contributed by atoms with E-state index in [9.17, 15) is 18.0 Å². The van der Waals surface area contributed by atoms with Crippen LogP contribution in [0.25, 0.3) is 0 Å². The molecule has 80 valence electrons. The van der Waals surface area contributed by atoms with E-state index in [0.717, 1.165) is 0 Å². The van der Waals surface area contributed by atoms with Crippen LogP contribution in [0.15, 0.2) is 24.3 Å². The van der Waals surface area contributed by atoms with Gasteiger partial charge >= 0.3 is 6.18 Å². The molecule has 2 rings (SSSR count). The van der Waals surface area contributed by atoms with Crippen LogP contribution in [-0.4, -0.2) is 12.1 Å². The summed E-state index contributed by atoms with van der Waals surface area (Å²) in [6, 6.07) is 6.00. The Labute approximate surface area is 84.1 Å². The molecule has 0 spiro atoms. The molecule has 15 heavy (non-hydrogen) atoms. The fourth-order valence-corrected chi connectivity index (χ4v) is 1.70. The average molecular weight is 215 g/mol. The van der Waals surface area contributed by atoms with E-state index < -0.39 is 24.4 Å². The lowest BCUT2D eigenvalue weighted by molar-refractivity contribution is -0.156. The summed E-state index contributed by atoms with van der Waals surface area (Å²) in [5, 5.41) is 2.42. The number of rotatable bonds is 0. The quantitative estimate of drug-likeness (QED) is 0.708. The van der Waals surface area contributed by atoms with Gasteiger partial charge in [0, 0.05) is 12.1 Å². The van der Waals surface area contributed by atoms with Gasteiger partial charge < -0.3 is 5.32 Å². The number of alkyl halides is 3. The molecule has 1 heterocycles. The normalized spacial score (nSPS) is 20.7. The molecule has 0 saturated carbocycles. The second kappa shape index (κ2) is 3.25. The summed E-state index contributed by atoms with van der Waals surface area (Å²) in [6.07, 6.45) is -4.89. The van der Waals surface area contributed by atoms with Crippen molar-refractivity contribution in [1.82, 2.24) is 0 Å². The van der Waals surface area contributed by atoms with Crippen molar-refractivity contribution >= 4 is 11.6 Å². The number of amides is 1. The Morgan fingerprint density at radius 3 is 2.60 bits per heavy atom. The van der Waals surface area contributed by atoms with E-state index in [1.165, 1.54) is 18.2 Å².